The van der Waals surface area contributed by atoms with Gasteiger partial charge in [-0.2, -0.15) is 0 Å². The summed E-state index contributed by atoms with van der Waals surface area (Å²) in [5, 5.41) is 6.37. The lowest BCUT2D eigenvalue weighted by Crippen LogP contribution is -2.43. The minimum atomic E-state index is 0.198. The molecule has 0 bridgehead atoms. The summed E-state index contributed by atoms with van der Waals surface area (Å²) in [7, 11) is 0. The van der Waals surface area contributed by atoms with Crippen LogP contribution in [0.3, 0.4) is 0 Å². The molecule has 1 fully saturated rings. The van der Waals surface area contributed by atoms with Crippen LogP contribution in [0.4, 0.5) is 0 Å². The molecule has 2 N–H and O–H groups in total. The van der Waals surface area contributed by atoms with Crippen LogP contribution in [0.2, 0.25) is 0 Å². The SMILES string of the molecule is O=C(NC1CC=CC1)[C@@H]1CCCNC1. The first kappa shape index (κ1) is 9.71. The Kier molecular flexibility index (Phi) is 3.19. The van der Waals surface area contributed by atoms with Gasteiger partial charge in [0.05, 0.1) is 5.92 Å². The van der Waals surface area contributed by atoms with Gasteiger partial charge in [-0.15, -0.1) is 0 Å². The summed E-state index contributed by atoms with van der Waals surface area (Å²) in [4.78, 5) is 11.8. The highest BCUT2D eigenvalue weighted by atomic mass is 16.2. The second-order valence-corrected chi connectivity index (χ2v) is 4.19. The summed E-state index contributed by atoms with van der Waals surface area (Å²) in [6, 6.07) is 0.365. The number of nitrogens with one attached hydrogen (secondary N) is 2. The molecule has 3 heteroatoms. The third-order valence-electron chi connectivity index (χ3n) is 3.02. The number of piperidine rings is 1. The van der Waals surface area contributed by atoms with Crippen molar-refractivity contribution in [2.45, 2.75) is 31.7 Å². The molecule has 78 valence electrons. The number of amides is 1. The van der Waals surface area contributed by atoms with E-state index in [0.717, 1.165) is 38.8 Å². The maximum Gasteiger partial charge on any atom is 0.224 e. The number of rotatable bonds is 2. The average molecular weight is 194 g/mol. The fourth-order valence-electron chi connectivity index (χ4n) is 2.13. The molecule has 0 aromatic heterocycles. The van der Waals surface area contributed by atoms with Gasteiger partial charge < -0.3 is 10.6 Å². The smallest absolute Gasteiger partial charge is 0.224 e. The summed E-state index contributed by atoms with van der Waals surface area (Å²) in [6.45, 7) is 1.92. The van der Waals surface area contributed by atoms with Crippen LogP contribution in [-0.2, 0) is 4.79 Å². The largest absolute Gasteiger partial charge is 0.352 e. The molecule has 0 radical (unpaired) electrons. The van der Waals surface area contributed by atoms with E-state index in [4.69, 9.17) is 0 Å². The quantitative estimate of drug-likeness (QED) is 0.639. The molecule has 3 nitrogen and oxygen atoms in total. The number of carbonyl (C=O) groups excluding carboxylic acids is 1. The molecule has 14 heavy (non-hydrogen) atoms. The van der Waals surface area contributed by atoms with Gasteiger partial charge in [0.25, 0.3) is 0 Å². The maximum absolute atomic E-state index is 11.8. The maximum atomic E-state index is 11.8. The van der Waals surface area contributed by atoms with Gasteiger partial charge in [0.15, 0.2) is 0 Å². The molecule has 1 aliphatic carbocycles. The Morgan fingerprint density at radius 2 is 2.14 bits per heavy atom. The van der Waals surface area contributed by atoms with Crippen LogP contribution in [-0.4, -0.2) is 25.0 Å². The van der Waals surface area contributed by atoms with Crippen molar-refractivity contribution in [3.63, 3.8) is 0 Å². The normalized spacial score (nSPS) is 27.9. The monoisotopic (exact) mass is 194 g/mol. The van der Waals surface area contributed by atoms with E-state index in [1.54, 1.807) is 0 Å². The van der Waals surface area contributed by atoms with Gasteiger partial charge in [-0.1, -0.05) is 12.2 Å². The predicted octanol–water partition coefficient (Wildman–Crippen LogP) is 0.821. The summed E-state index contributed by atoms with van der Waals surface area (Å²) < 4.78 is 0. The van der Waals surface area contributed by atoms with Crippen LogP contribution in [0.25, 0.3) is 0 Å². The minimum Gasteiger partial charge on any atom is -0.352 e. The standard InChI is InChI=1S/C11H18N2O/c14-11(9-4-3-7-12-8-9)13-10-5-1-2-6-10/h1-2,9-10,12H,3-8H2,(H,13,14)/t9-/m1/s1. The van der Waals surface area contributed by atoms with E-state index in [1.807, 2.05) is 0 Å². The first-order valence-electron chi connectivity index (χ1n) is 5.52. The van der Waals surface area contributed by atoms with E-state index in [2.05, 4.69) is 22.8 Å². The summed E-state index contributed by atoms with van der Waals surface area (Å²) in [6.07, 6.45) is 8.46. The third-order valence-corrected chi connectivity index (χ3v) is 3.02. The molecule has 0 aromatic carbocycles. The molecule has 0 unspecified atom stereocenters. The minimum absolute atomic E-state index is 0.198. The van der Waals surface area contributed by atoms with Gasteiger partial charge in [-0.3, -0.25) is 4.79 Å². The topological polar surface area (TPSA) is 41.1 Å². The van der Waals surface area contributed by atoms with Crippen molar-refractivity contribution in [2.75, 3.05) is 13.1 Å². The number of carbonyl (C=O) groups is 1. The molecule has 1 atom stereocenters. The van der Waals surface area contributed by atoms with Crippen molar-refractivity contribution < 1.29 is 4.79 Å². The van der Waals surface area contributed by atoms with Gasteiger partial charge in [0.1, 0.15) is 0 Å². The molecule has 1 saturated heterocycles. The Balaban J connectivity index is 1.76. The van der Waals surface area contributed by atoms with E-state index in [0.29, 0.717) is 6.04 Å². The van der Waals surface area contributed by atoms with Crippen molar-refractivity contribution in [2.24, 2.45) is 5.92 Å². The Bertz CT molecular complexity index is 223. The van der Waals surface area contributed by atoms with Gasteiger partial charge in [-0.05, 0) is 32.2 Å². The lowest BCUT2D eigenvalue weighted by atomic mass is 9.98. The van der Waals surface area contributed by atoms with Crippen LogP contribution in [0.15, 0.2) is 12.2 Å². The van der Waals surface area contributed by atoms with E-state index >= 15 is 0 Å². The fraction of sp³-hybridized carbons (Fsp3) is 0.727. The molecule has 2 rings (SSSR count). The number of hydrogen-bond donors (Lipinski definition) is 2. The van der Waals surface area contributed by atoms with Crippen molar-refractivity contribution >= 4 is 5.91 Å². The average Bonchev–Trinajstić information content (AvgIpc) is 2.72. The Hall–Kier alpha value is -0.830. The van der Waals surface area contributed by atoms with E-state index in [1.165, 1.54) is 0 Å². The molecule has 0 saturated carbocycles. The zero-order valence-corrected chi connectivity index (χ0v) is 8.46. The van der Waals surface area contributed by atoms with Crippen LogP contribution >= 0.6 is 0 Å². The zero-order valence-electron chi connectivity index (χ0n) is 8.46. The lowest BCUT2D eigenvalue weighted by Gasteiger charge is -2.23. The van der Waals surface area contributed by atoms with Gasteiger partial charge in [0.2, 0.25) is 5.91 Å². The number of hydrogen-bond acceptors (Lipinski definition) is 2. The van der Waals surface area contributed by atoms with Gasteiger partial charge in [-0.25, -0.2) is 0 Å². The molecule has 1 aliphatic heterocycles. The van der Waals surface area contributed by atoms with Crippen LogP contribution < -0.4 is 10.6 Å². The predicted molar refractivity (Wildman–Crippen MR) is 55.9 cm³/mol. The fourth-order valence-corrected chi connectivity index (χ4v) is 2.13. The molecular formula is C11H18N2O. The van der Waals surface area contributed by atoms with Gasteiger partial charge in [0, 0.05) is 12.6 Å². The molecule has 2 aliphatic rings. The first-order chi connectivity index (χ1) is 6.86. The molecule has 0 spiro atoms. The van der Waals surface area contributed by atoms with Crippen LogP contribution in [0.1, 0.15) is 25.7 Å². The summed E-state index contributed by atoms with van der Waals surface area (Å²) in [5.74, 6) is 0.440. The van der Waals surface area contributed by atoms with Crippen molar-refractivity contribution in [3.05, 3.63) is 12.2 Å². The second kappa shape index (κ2) is 4.60. The molecule has 0 aromatic rings. The van der Waals surface area contributed by atoms with E-state index < -0.39 is 0 Å². The van der Waals surface area contributed by atoms with Crippen molar-refractivity contribution in [1.82, 2.24) is 10.6 Å². The Morgan fingerprint density at radius 3 is 2.79 bits per heavy atom. The van der Waals surface area contributed by atoms with Crippen LogP contribution in [0, 0.1) is 5.92 Å². The molecular weight excluding hydrogens is 176 g/mol. The molecule has 1 heterocycles. The highest BCUT2D eigenvalue weighted by molar-refractivity contribution is 5.79. The van der Waals surface area contributed by atoms with Crippen molar-refractivity contribution in [1.29, 1.82) is 0 Å². The Morgan fingerprint density at radius 1 is 1.36 bits per heavy atom. The van der Waals surface area contributed by atoms with E-state index in [-0.39, 0.29) is 11.8 Å². The summed E-state index contributed by atoms with van der Waals surface area (Å²) in [5.41, 5.74) is 0. The highest BCUT2D eigenvalue weighted by Gasteiger charge is 2.23. The van der Waals surface area contributed by atoms with Crippen LogP contribution in [0.5, 0.6) is 0 Å². The lowest BCUT2D eigenvalue weighted by molar-refractivity contribution is -0.126. The van der Waals surface area contributed by atoms with E-state index in [9.17, 15) is 4.79 Å². The molecule has 1 amide bonds. The first-order valence-corrected chi connectivity index (χ1v) is 5.52. The Labute approximate surface area is 84.9 Å². The summed E-state index contributed by atoms with van der Waals surface area (Å²) >= 11 is 0. The highest BCUT2D eigenvalue weighted by Crippen LogP contribution is 2.13. The van der Waals surface area contributed by atoms with Gasteiger partial charge >= 0.3 is 0 Å². The third kappa shape index (κ3) is 2.35. The zero-order chi connectivity index (χ0) is 9.80. The second-order valence-electron chi connectivity index (χ2n) is 4.19. The van der Waals surface area contributed by atoms with Crippen molar-refractivity contribution in [3.8, 4) is 0 Å².